The van der Waals surface area contributed by atoms with E-state index in [0.29, 0.717) is 12.5 Å². The fourth-order valence-electron chi connectivity index (χ4n) is 2.48. The summed E-state index contributed by atoms with van der Waals surface area (Å²) in [5, 5.41) is 6.18. The van der Waals surface area contributed by atoms with Crippen LogP contribution in [0.3, 0.4) is 0 Å². The average Bonchev–Trinajstić information content (AvgIpc) is 2.58. The van der Waals surface area contributed by atoms with Gasteiger partial charge in [0, 0.05) is 13.1 Å². The van der Waals surface area contributed by atoms with E-state index in [0.717, 1.165) is 31.7 Å². The van der Waals surface area contributed by atoms with Crippen LogP contribution in [-0.2, 0) is 4.79 Å². The molecule has 0 spiro atoms. The smallest absolute Gasteiger partial charge is 0.258 e. The summed E-state index contributed by atoms with van der Waals surface area (Å²) in [7, 11) is 0. The molecule has 1 aromatic rings. The van der Waals surface area contributed by atoms with Crippen molar-refractivity contribution in [2.75, 3.05) is 26.2 Å². The second-order valence-corrected chi connectivity index (χ2v) is 5.73. The van der Waals surface area contributed by atoms with Crippen LogP contribution in [-0.4, -0.2) is 32.1 Å². The standard InChI is InChI=1S/C18H26N2O2.ClH/c1-3-14(2)16-6-4-5-7-17(16)22-13-18(21)20-12-15-8-10-19-11-9-15;/h4-8,14,19H,3,9-13H2,1-2H3,(H,20,21);1H. The van der Waals surface area contributed by atoms with Crippen LogP contribution in [0.2, 0.25) is 0 Å². The highest BCUT2D eigenvalue weighted by Gasteiger charge is 2.11. The van der Waals surface area contributed by atoms with Crippen LogP contribution in [0.25, 0.3) is 0 Å². The molecule has 2 N–H and O–H groups in total. The van der Waals surface area contributed by atoms with Crippen molar-refractivity contribution in [3.63, 3.8) is 0 Å². The van der Waals surface area contributed by atoms with Gasteiger partial charge in [-0.05, 0) is 36.9 Å². The monoisotopic (exact) mass is 338 g/mol. The van der Waals surface area contributed by atoms with E-state index in [9.17, 15) is 4.79 Å². The van der Waals surface area contributed by atoms with Gasteiger partial charge in [-0.1, -0.05) is 43.7 Å². The summed E-state index contributed by atoms with van der Waals surface area (Å²) in [6.07, 6.45) is 4.19. The van der Waals surface area contributed by atoms with Gasteiger partial charge in [0.25, 0.3) is 5.91 Å². The molecule has 1 heterocycles. The van der Waals surface area contributed by atoms with E-state index in [1.807, 2.05) is 18.2 Å². The van der Waals surface area contributed by atoms with Gasteiger partial charge in [0.1, 0.15) is 5.75 Å². The number of para-hydroxylation sites is 1. The summed E-state index contributed by atoms with van der Waals surface area (Å²) in [5.74, 6) is 1.17. The Bertz CT molecular complexity index is 532. The summed E-state index contributed by atoms with van der Waals surface area (Å²) in [4.78, 5) is 11.9. The molecule has 1 amide bonds. The van der Waals surface area contributed by atoms with Crippen LogP contribution < -0.4 is 15.4 Å². The Morgan fingerprint density at radius 2 is 2.17 bits per heavy atom. The van der Waals surface area contributed by atoms with Gasteiger partial charge < -0.3 is 15.4 Å². The molecule has 0 radical (unpaired) electrons. The van der Waals surface area contributed by atoms with Gasteiger partial charge in [-0.25, -0.2) is 0 Å². The number of nitrogens with one attached hydrogen (secondary N) is 2. The zero-order valence-electron chi connectivity index (χ0n) is 13.9. The Labute approximate surface area is 145 Å². The number of carbonyl (C=O) groups is 1. The number of carbonyl (C=O) groups excluding carboxylic acids is 1. The van der Waals surface area contributed by atoms with E-state index >= 15 is 0 Å². The quantitative estimate of drug-likeness (QED) is 0.751. The van der Waals surface area contributed by atoms with Crippen LogP contribution in [0.1, 0.15) is 38.2 Å². The van der Waals surface area contributed by atoms with E-state index in [-0.39, 0.29) is 24.9 Å². The Morgan fingerprint density at radius 1 is 1.39 bits per heavy atom. The average molecular weight is 339 g/mol. The number of rotatable bonds is 7. The molecule has 0 saturated heterocycles. The molecule has 128 valence electrons. The van der Waals surface area contributed by atoms with E-state index in [4.69, 9.17) is 4.74 Å². The van der Waals surface area contributed by atoms with E-state index in [1.165, 1.54) is 11.1 Å². The predicted octanol–water partition coefficient (Wildman–Crippen LogP) is 3.04. The maximum atomic E-state index is 11.9. The SMILES string of the molecule is CCC(C)c1ccccc1OCC(=O)NCC1=CCNCC1.Cl. The fraction of sp³-hybridized carbons (Fsp3) is 0.500. The minimum absolute atomic E-state index is 0. The molecule has 2 rings (SSSR count). The summed E-state index contributed by atoms with van der Waals surface area (Å²) < 4.78 is 5.72. The van der Waals surface area contributed by atoms with Gasteiger partial charge in [-0.3, -0.25) is 4.79 Å². The Morgan fingerprint density at radius 3 is 2.87 bits per heavy atom. The predicted molar refractivity (Wildman–Crippen MR) is 96.5 cm³/mol. The molecule has 4 nitrogen and oxygen atoms in total. The number of benzene rings is 1. The first-order chi connectivity index (χ1) is 10.7. The molecule has 0 aliphatic carbocycles. The molecule has 5 heteroatoms. The maximum absolute atomic E-state index is 11.9. The molecular formula is C18H27ClN2O2. The maximum Gasteiger partial charge on any atom is 0.258 e. The topological polar surface area (TPSA) is 50.4 Å². The lowest BCUT2D eigenvalue weighted by Crippen LogP contribution is -2.32. The Kier molecular flexibility index (Phi) is 8.74. The van der Waals surface area contributed by atoms with Crippen molar-refractivity contribution < 1.29 is 9.53 Å². The zero-order valence-corrected chi connectivity index (χ0v) is 14.7. The second kappa shape index (κ2) is 10.3. The summed E-state index contributed by atoms with van der Waals surface area (Å²) in [5.41, 5.74) is 2.45. The van der Waals surface area contributed by atoms with Gasteiger partial charge in [0.2, 0.25) is 0 Å². The minimum atomic E-state index is -0.0709. The second-order valence-electron chi connectivity index (χ2n) is 5.73. The molecule has 23 heavy (non-hydrogen) atoms. The molecule has 0 saturated carbocycles. The Balaban J connectivity index is 0.00000264. The molecule has 0 fully saturated rings. The lowest BCUT2D eigenvalue weighted by Gasteiger charge is -2.16. The molecule has 1 atom stereocenters. The Hall–Kier alpha value is -1.52. The van der Waals surface area contributed by atoms with Crippen molar-refractivity contribution in [3.05, 3.63) is 41.5 Å². The highest BCUT2D eigenvalue weighted by molar-refractivity contribution is 5.85. The third-order valence-electron chi connectivity index (χ3n) is 4.09. The first kappa shape index (κ1) is 19.5. The first-order valence-electron chi connectivity index (χ1n) is 8.07. The molecule has 0 aromatic heterocycles. The largest absolute Gasteiger partial charge is 0.483 e. The highest BCUT2D eigenvalue weighted by atomic mass is 35.5. The molecule has 1 aliphatic rings. The zero-order chi connectivity index (χ0) is 15.8. The lowest BCUT2D eigenvalue weighted by atomic mass is 9.98. The third kappa shape index (κ3) is 6.24. The van der Waals surface area contributed by atoms with Crippen LogP contribution in [0.5, 0.6) is 5.75 Å². The molecule has 1 unspecified atom stereocenters. The molecular weight excluding hydrogens is 312 g/mol. The summed E-state index contributed by atoms with van der Waals surface area (Å²) in [6, 6.07) is 7.96. The van der Waals surface area contributed by atoms with Crippen LogP contribution in [0.4, 0.5) is 0 Å². The summed E-state index contributed by atoms with van der Waals surface area (Å²) in [6.45, 7) is 6.90. The fourth-order valence-corrected chi connectivity index (χ4v) is 2.48. The van der Waals surface area contributed by atoms with Crippen LogP contribution >= 0.6 is 12.4 Å². The molecule has 1 aromatic carbocycles. The highest BCUT2D eigenvalue weighted by Crippen LogP contribution is 2.28. The van der Waals surface area contributed by atoms with Gasteiger partial charge in [0.15, 0.2) is 6.61 Å². The van der Waals surface area contributed by atoms with Crippen molar-refractivity contribution in [1.29, 1.82) is 0 Å². The van der Waals surface area contributed by atoms with Gasteiger partial charge in [-0.15, -0.1) is 12.4 Å². The van der Waals surface area contributed by atoms with Gasteiger partial charge >= 0.3 is 0 Å². The van der Waals surface area contributed by atoms with Crippen molar-refractivity contribution in [2.45, 2.75) is 32.6 Å². The van der Waals surface area contributed by atoms with E-state index < -0.39 is 0 Å². The van der Waals surface area contributed by atoms with Crippen molar-refractivity contribution in [2.24, 2.45) is 0 Å². The number of amides is 1. The van der Waals surface area contributed by atoms with E-state index in [1.54, 1.807) is 0 Å². The third-order valence-corrected chi connectivity index (χ3v) is 4.09. The minimum Gasteiger partial charge on any atom is -0.483 e. The van der Waals surface area contributed by atoms with Gasteiger partial charge in [-0.2, -0.15) is 0 Å². The van der Waals surface area contributed by atoms with Crippen molar-refractivity contribution in [3.8, 4) is 5.75 Å². The number of hydrogen-bond donors (Lipinski definition) is 2. The van der Waals surface area contributed by atoms with Crippen LogP contribution in [0, 0.1) is 0 Å². The molecule has 0 bridgehead atoms. The van der Waals surface area contributed by atoms with Gasteiger partial charge in [0.05, 0.1) is 0 Å². The van der Waals surface area contributed by atoms with Crippen molar-refractivity contribution in [1.82, 2.24) is 10.6 Å². The van der Waals surface area contributed by atoms with E-state index in [2.05, 4.69) is 36.6 Å². The van der Waals surface area contributed by atoms with Crippen molar-refractivity contribution >= 4 is 18.3 Å². The number of halogens is 1. The first-order valence-corrected chi connectivity index (χ1v) is 8.07. The normalized spacial score (nSPS) is 15.1. The molecule has 1 aliphatic heterocycles. The number of ether oxygens (including phenoxy) is 1. The summed E-state index contributed by atoms with van der Waals surface area (Å²) >= 11 is 0. The lowest BCUT2D eigenvalue weighted by molar-refractivity contribution is -0.122. The van der Waals surface area contributed by atoms with Crippen LogP contribution in [0.15, 0.2) is 35.9 Å². The number of hydrogen-bond acceptors (Lipinski definition) is 3.